The molecule has 2 aromatic carbocycles. The van der Waals surface area contributed by atoms with Crippen molar-refractivity contribution in [2.45, 2.75) is 175 Å². The first kappa shape index (κ1) is 39.7. The molecule has 0 heterocycles. The number of benzene rings is 2. The molecular weight excluding hydrogens is 671 g/mol. The Morgan fingerprint density at radius 1 is 0.489 bits per heavy atom. The maximum Gasteiger partial charge on any atom is 0.129 e. The van der Waals surface area contributed by atoms with Gasteiger partial charge in [0.15, 0.2) is 0 Å². The van der Waals surface area contributed by atoms with Gasteiger partial charge in [-0.3, -0.25) is 0 Å². The second kappa shape index (κ2) is 24.6. The second-order valence-corrected chi connectivity index (χ2v) is 20.3. The molecule has 0 nitrogen and oxygen atoms in total. The van der Waals surface area contributed by atoms with E-state index in [1.807, 2.05) is 0 Å². The van der Waals surface area contributed by atoms with Gasteiger partial charge in [0.05, 0.1) is 0 Å². The summed E-state index contributed by atoms with van der Waals surface area (Å²) >= 11 is 2.45. The highest BCUT2D eigenvalue weighted by Gasteiger charge is 2.09. The van der Waals surface area contributed by atoms with Gasteiger partial charge in [0.2, 0.25) is 0 Å². The molecule has 0 fully saturated rings. The lowest BCUT2D eigenvalue weighted by molar-refractivity contribution is 0.556. The van der Waals surface area contributed by atoms with Gasteiger partial charge in [0.1, 0.15) is 8.07 Å². The van der Waals surface area contributed by atoms with Gasteiger partial charge in [-0.1, -0.05) is 167 Å². The Morgan fingerprint density at radius 2 is 0.911 bits per heavy atom. The van der Waals surface area contributed by atoms with Crippen LogP contribution in [0.5, 0.6) is 0 Å². The molecule has 0 spiro atoms. The van der Waals surface area contributed by atoms with Gasteiger partial charge in [-0.05, 0) is 95.8 Å². The Bertz CT molecular complexity index is 1200. The van der Waals surface area contributed by atoms with Crippen LogP contribution in [0.2, 0.25) is 19.6 Å². The molecule has 0 amide bonds. The fourth-order valence-electron chi connectivity index (χ4n) is 5.89. The second-order valence-electron chi connectivity index (χ2n) is 14.3. The van der Waals surface area contributed by atoms with Crippen LogP contribution in [0.1, 0.15) is 170 Å². The molecule has 0 aliphatic heterocycles. The molecule has 0 bridgehead atoms. The number of aryl methyl sites for hydroxylation is 2. The third-order valence-corrected chi connectivity index (χ3v) is 10.2. The van der Waals surface area contributed by atoms with Crippen LogP contribution in [-0.2, 0) is 12.8 Å². The van der Waals surface area contributed by atoms with E-state index >= 15 is 0 Å². The largest absolute Gasteiger partial charge is 0.129 e. The minimum Gasteiger partial charge on any atom is -0.127 e. The van der Waals surface area contributed by atoms with Gasteiger partial charge in [0, 0.05) is 20.3 Å². The van der Waals surface area contributed by atoms with E-state index in [4.69, 9.17) is 0 Å². The van der Waals surface area contributed by atoms with Gasteiger partial charge in [0.25, 0.3) is 0 Å². The smallest absolute Gasteiger partial charge is 0.127 e. The first-order valence-electron chi connectivity index (χ1n) is 18.8. The maximum absolute atomic E-state index is 3.61. The van der Waals surface area contributed by atoms with Crippen molar-refractivity contribution in [1.82, 2.24) is 0 Å². The van der Waals surface area contributed by atoms with E-state index in [-0.39, 0.29) is 0 Å². The van der Waals surface area contributed by atoms with E-state index < -0.39 is 8.07 Å². The molecule has 45 heavy (non-hydrogen) atoms. The molecule has 2 heteroatoms. The molecule has 0 aliphatic carbocycles. The number of unbranched alkanes of at least 4 members (excludes halogenated alkanes) is 18. The van der Waals surface area contributed by atoms with Crippen molar-refractivity contribution in [3.8, 4) is 23.3 Å². The Balaban J connectivity index is 1.97. The Hall–Kier alpha value is -1.49. The van der Waals surface area contributed by atoms with Gasteiger partial charge in [-0.15, -0.1) is 5.54 Å². The summed E-state index contributed by atoms with van der Waals surface area (Å²) in [5.74, 6) is 10.7. The van der Waals surface area contributed by atoms with Crippen LogP contribution in [0.4, 0.5) is 0 Å². The van der Waals surface area contributed by atoms with Gasteiger partial charge in [-0.2, -0.15) is 0 Å². The minimum absolute atomic E-state index is 1.11. The van der Waals surface area contributed by atoms with Crippen LogP contribution in [0.15, 0.2) is 36.4 Å². The predicted octanol–water partition coefficient (Wildman–Crippen LogP) is 13.8. The first-order valence-corrected chi connectivity index (χ1v) is 23.4. The van der Waals surface area contributed by atoms with E-state index in [9.17, 15) is 0 Å². The molecule has 0 unspecified atom stereocenters. The first-order chi connectivity index (χ1) is 21.8. The lowest BCUT2D eigenvalue weighted by atomic mass is 9.97. The Labute approximate surface area is 294 Å². The van der Waals surface area contributed by atoms with Crippen LogP contribution in [0, 0.1) is 26.9 Å². The van der Waals surface area contributed by atoms with E-state index in [0.717, 1.165) is 18.4 Å². The van der Waals surface area contributed by atoms with Crippen LogP contribution in [0.3, 0.4) is 0 Å². The summed E-state index contributed by atoms with van der Waals surface area (Å²) in [7, 11) is -1.43. The van der Waals surface area contributed by atoms with Crippen molar-refractivity contribution in [1.29, 1.82) is 0 Å². The summed E-state index contributed by atoms with van der Waals surface area (Å²) in [4.78, 5) is 0. The molecule has 0 radical (unpaired) electrons. The van der Waals surface area contributed by atoms with Gasteiger partial charge >= 0.3 is 0 Å². The van der Waals surface area contributed by atoms with Gasteiger partial charge < -0.3 is 0 Å². The normalized spacial score (nSPS) is 11.2. The standard InChI is InChI=1S/C43H65ISi/c1-6-8-10-12-14-16-18-20-22-24-26-41-36-38(29-31-40(41)34-35-45(3,4)5)28-30-39-32-33-43(44)37-42(39)27-25-23-21-19-17-15-13-11-9-7-2/h29,31-33,36-37H,6-27H2,1-5H3. The topological polar surface area (TPSA) is 0 Å². The zero-order valence-electron chi connectivity index (χ0n) is 29.9. The zero-order chi connectivity index (χ0) is 32.6. The number of hydrogen-bond acceptors (Lipinski definition) is 0. The quantitative estimate of drug-likeness (QED) is 0.0489. The molecule has 0 N–H and O–H groups in total. The highest BCUT2D eigenvalue weighted by Crippen LogP contribution is 2.20. The fourth-order valence-corrected chi connectivity index (χ4v) is 6.96. The number of halogens is 1. The zero-order valence-corrected chi connectivity index (χ0v) is 33.1. The average molecular weight is 737 g/mol. The fraction of sp³-hybridized carbons (Fsp3) is 0.628. The van der Waals surface area contributed by atoms with E-state index in [1.54, 1.807) is 0 Å². The lowest BCUT2D eigenvalue weighted by Gasteiger charge is -2.09. The van der Waals surface area contributed by atoms with Crippen molar-refractivity contribution >= 4 is 30.7 Å². The third kappa shape index (κ3) is 19.7. The molecule has 0 saturated carbocycles. The number of rotatable bonds is 22. The summed E-state index contributed by atoms with van der Waals surface area (Å²) in [6, 6.07) is 13.6. The molecular formula is C43H65ISi. The minimum atomic E-state index is -1.43. The van der Waals surface area contributed by atoms with Crippen molar-refractivity contribution in [2.75, 3.05) is 0 Å². The maximum atomic E-state index is 3.61. The van der Waals surface area contributed by atoms with Crippen molar-refractivity contribution < 1.29 is 0 Å². The highest BCUT2D eigenvalue weighted by molar-refractivity contribution is 14.1. The summed E-state index contributed by atoms with van der Waals surface area (Å²) in [5.41, 5.74) is 9.95. The third-order valence-electron chi connectivity index (χ3n) is 8.69. The predicted molar refractivity (Wildman–Crippen MR) is 213 cm³/mol. The van der Waals surface area contributed by atoms with Crippen LogP contribution < -0.4 is 0 Å². The summed E-state index contributed by atoms with van der Waals surface area (Å²) in [5, 5.41) is 0. The highest BCUT2D eigenvalue weighted by atomic mass is 127. The monoisotopic (exact) mass is 736 g/mol. The molecule has 0 atom stereocenters. The van der Waals surface area contributed by atoms with E-state index in [1.165, 1.54) is 154 Å². The van der Waals surface area contributed by atoms with E-state index in [0.29, 0.717) is 0 Å². The molecule has 0 aliphatic rings. The summed E-state index contributed by atoms with van der Waals surface area (Å²) in [6.45, 7) is 11.6. The molecule has 0 saturated heterocycles. The Morgan fingerprint density at radius 3 is 1.40 bits per heavy atom. The van der Waals surface area contributed by atoms with Crippen molar-refractivity contribution in [3.05, 3.63) is 67.8 Å². The van der Waals surface area contributed by atoms with Crippen molar-refractivity contribution in [2.24, 2.45) is 0 Å². The summed E-state index contributed by atoms with van der Waals surface area (Å²) < 4.78 is 1.31. The van der Waals surface area contributed by atoms with Crippen LogP contribution >= 0.6 is 22.6 Å². The van der Waals surface area contributed by atoms with E-state index in [2.05, 4.69) is 116 Å². The lowest BCUT2D eigenvalue weighted by Crippen LogP contribution is -2.16. The van der Waals surface area contributed by atoms with Gasteiger partial charge in [-0.25, -0.2) is 0 Å². The van der Waals surface area contributed by atoms with Crippen molar-refractivity contribution in [3.63, 3.8) is 0 Å². The van der Waals surface area contributed by atoms with Crippen LogP contribution in [0.25, 0.3) is 0 Å². The molecule has 2 rings (SSSR count). The van der Waals surface area contributed by atoms with Crippen LogP contribution in [-0.4, -0.2) is 8.07 Å². The molecule has 0 aromatic heterocycles. The number of hydrogen-bond donors (Lipinski definition) is 0. The molecule has 248 valence electrons. The summed E-state index contributed by atoms with van der Waals surface area (Å²) in [6.07, 6.45) is 29.7. The Kier molecular flexibility index (Phi) is 21.7. The SMILES string of the molecule is CCCCCCCCCCCCc1cc(I)ccc1C#Cc1ccc(C#C[Si](C)(C)C)c(CCCCCCCCCCCC)c1. The average Bonchev–Trinajstić information content (AvgIpc) is 3.01. The molecule has 2 aromatic rings.